The predicted octanol–water partition coefficient (Wildman–Crippen LogP) is 3.75. The first-order chi connectivity index (χ1) is 7.07. The van der Waals surface area contributed by atoms with E-state index in [9.17, 15) is 5.11 Å². The van der Waals surface area contributed by atoms with Crippen LogP contribution in [0.4, 0.5) is 0 Å². The van der Waals surface area contributed by atoms with Crippen LogP contribution in [-0.2, 0) is 0 Å². The zero-order valence-electron chi connectivity index (χ0n) is 10.3. The van der Waals surface area contributed by atoms with Crippen molar-refractivity contribution in [3.05, 3.63) is 0 Å². The lowest BCUT2D eigenvalue weighted by atomic mass is 9.71. The molecule has 1 N–H and O–H groups in total. The highest BCUT2D eigenvalue weighted by Crippen LogP contribution is 2.41. The van der Waals surface area contributed by atoms with E-state index in [0.29, 0.717) is 11.3 Å². The Labute approximate surface area is 94.3 Å². The van der Waals surface area contributed by atoms with Crippen LogP contribution in [0.1, 0.15) is 65.2 Å². The largest absolute Gasteiger partial charge is 0.393 e. The van der Waals surface area contributed by atoms with E-state index in [0.717, 1.165) is 12.3 Å². The van der Waals surface area contributed by atoms with Crippen LogP contribution in [0.2, 0.25) is 0 Å². The van der Waals surface area contributed by atoms with E-state index in [2.05, 4.69) is 13.8 Å². The van der Waals surface area contributed by atoms with Gasteiger partial charge < -0.3 is 5.11 Å². The minimum absolute atomic E-state index is 0.00157. The van der Waals surface area contributed by atoms with E-state index in [1.165, 1.54) is 44.9 Å². The Bertz CT molecular complexity index is 195. The minimum Gasteiger partial charge on any atom is -0.393 e. The maximum Gasteiger partial charge on any atom is 0.0568 e. The molecule has 1 heteroatoms. The maximum atomic E-state index is 10.1. The second kappa shape index (κ2) is 4.45. The number of hydrogen-bond donors (Lipinski definition) is 1. The molecule has 0 aromatic carbocycles. The van der Waals surface area contributed by atoms with E-state index in [1.807, 2.05) is 0 Å². The number of aliphatic hydroxyl groups is 1. The molecule has 0 saturated heterocycles. The van der Waals surface area contributed by atoms with Crippen molar-refractivity contribution in [2.24, 2.45) is 17.3 Å². The molecule has 1 nitrogen and oxygen atoms in total. The average molecular weight is 210 g/mol. The van der Waals surface area contributed by atoms with Crippen LogP contribution in [-0.4, -0.2) is 11.2 Å². The zero-order chi connectivity index (χ0) is 10.9. The van der Waals surface area contributed by atoms with Gasteiger partial charge in [0.15, 0.2) is 0 Å². The Kier molecular flexibility index (Phi) is 3.39. The first-order valence-electron chi connectivity index (χ1n) is 6.75. The smallest absolute Gasteiger partial charge is 0.0568 e. The van der Waals surface area contributed by atoms with E-state index in [4.69, 9.17) is 0 Å². The van der Waals surface area contributed by atoms with Gasteiger partial charge in [-0.2, -0.15) is 0 Å². The monoisotopic (exact) mass is 210 g/mol. The van der Waals surface area contributed by atoms with Crippen molar-refractivity contribution in [1.82, 2.24) is 0 Å². The Balaban J connectivity index is 1.69. The number of aliphatic hydroxyl groups excluding tert-OH is 1. The molecule has 2 rings (SSSR count). The molecule has 0 aromatic rings. The number of rotatable bonds is 4. The summed E-state index contributed by atoms with van der Waals surface area (Å²) in [6.45, 7) is 4.72. The third kappa shape index (κ3) is 3.48. The topological polar surface area (TPSA) is 20.2 Å². The van der Waals surface area contributed by atoms with Crippen LogP contribution in [0.3, 0.4) is 0 Å². The summed E-state index contributed by atoms with van der Waals surface area (Å²) in [7, 11) is 0. The summed E-state index contributed by atoms with van der Waals surface area (Å²) in [6.07, 6.45) is 10.3. The lowest BCUT2D eigenvalue weighted by Gasteiger charge is -2.36. The van der Waals surface area contributed by atoms with Crippen molar-refractivity contribution in [3.63, 3.8) is 0 Å². The molecule has 0 heterocycles. The quantitative estimate of drug-likeness (QED) is 0.749. The Morgan fingerprint density at radius 2 is 1.73 bits per heavy atom. The fraction of sp³-hybridized carbons (Fsp3) is 1.00. The normalized spacial score (nSPS) is 29.0. The minimum atomic E-state index is 0.00157. The second-order valence-corrected chi connectivity index (χ2v) is 6.59. The van der Waals surface area contributed by atoms with Crippen molar-refractivity contribution < 1.29 is 5.11 Å². The summed E-state index contributed by atoms with van der Waals surface area (Å²) in [5.41, 5.74) is 0.534. The van der Waals surface area contributed by atoms with Crippen LogP contribution in [0.5, 0.6) is 0 Å². The van der Waals surface area contributed by atoms with Gasteiger partial charge in [-0.1, -0.05) is 26.7 Å². The van der Waals surface area contributed by atoms with Crippen LogP contribution in [0.15, 0.2) is 0 Å². The molecule has 0 radical (unpaired) electrons. The van der Waals surface area contributed by atoms with Gasteiger partial charge in [-0.3, -0.25) is 0 Å². The van der Waals surface area contributed by atoms with Crippen molar-refractivity contribution in [3.8, 4) is 0 Å². The second-order valence-electron chi connectivity index (χ2n) is 6.59. The molecule has 2 aliphatic rings. The summed E-state index contributed by atoms with van der Waals surface area (Å²) in [5, 5.41) is 10.1. The molecule has 0 aromatic heterocycles. The van der Waals surface area contributed by atoms with Gasteiger partial charge in [0, 0.05) is 0 Å². The van der Waals surface area contributed by atoms with Gasteiger partial charge in [0.2, 0.25) is 0 Å². The molecule has 0 bridgehead atoms. The molecule has 0 spiro atoms. The molecule has 1 atom stereocenters. The van der Waals surface area contributed by atoms with Crippen LogP contribution < -0.4 is 0 Å². The molecule has 88 valence electrons. The maximum absolute atomic E-state index is 10.1. The van der Waals surface area contributed by atoms with Crippen LogP contribution in [0.25, 0.3) is 0 Å². The molecular weight excluding hydrogens is 184 g/mol. The van der Waals surface area contributed by atoms with Gasteiger partial charge in [-0.25, -0.2) is 0 Å². The highest BCUT2D eigenvalue weighted by Gasteiger charge is 2.31. The van der Waals surface area contributed by atoms with Gasteiger partial charge in [0.25, 0.3) is 0 Å². The molecule has 2 saturated carbocycles. The third-order valence-corrected chi connectivity index (χ3v) is 4.50. The van der Waals surface area contributed by atoms with Gasteiger partial charge >= 0.3 is 0 Å². The Hall–Kier alpha value is -0.0400. The van der Waals surface area contributed by atoms with Crippen molar-refractivity contribution in [2.45, 2.75) is 71.3 Å². The SMILES string of the molecule is CC1(C)CCC(C(O)CCC2CC2)CC1. The summed E-state index contributed by atoms with van der Waals surface area (Å²) < 4.78 is 0. The molecule has 15 heavy (non-hydrogen) atoms. The zero-order valence-corrected chi connectivity index (χ0v) is 10.3. The predicted molar refractivity (Wildman–Crippen MR) is 63.7 cm³/mol. The van der Waals surface area contributed by atoms with Crippen LogP contribution >= 0.6 is 0 Å². The van der Waals surface area contributed by atoms with Crippen molar-refractivity contribution >= 4 is 0 Å². The van der Waals surface area contributed by atoms with E-state index in [-0.39, 0.29) is 6.10 Å². The summed E-state index contributed by atoms with van der Waals surface area (Å²) in [4.78, 5) is 0. The highest BCUT2D eigenvalue weighted by atomic mass is 16.3. The first-order valence-corrected chi connectivity index (χ1v) is 6.75. The molecule has 0 amide bonds. The lowest BCUT2D eigenvalue weighted by molar-refractivity contribution is 0.0492. The fourth-order valence-corrected chi connectivity index (χ4v) is 2.86. The fourth-order valence-electron chi connectivity index (χ4n) is 2.86. The molecule has 0 aliphatic heterocycles. The van der Waals surface area contributed by atoms with Crippen molar-refractivity contribution in [2.75, 3.05) is 0 Å². The molecule has 2 fully saturated rings. The Morgan fingerprint density at radius 1 is 1.13 bits per heavy atom. The van der Waals surface area contributed by atoms with Gasteiger partial charge in [0.05, 0.1) is 6.10 Å². The lowest BCUT2D eigenvalue weighted by Crippen LogP contribution is -2.29. The average Bonchev–Trinajstić information content (AvgIpc) is 2.97. The summed E-state index contributed by atoms with van der Waals surface area (Å²) >= 11 is 0. The summed E-state index contributed by atoms with van der Waals surface area (Å²) in [5.74, 6) is 1.58. The standard InChI is InChI=1S/C14H26O/c1-14(2)9-7-12(8-10-14)13(15)6-5-11-3-4-11/h11-13,15H,3-10H2,1-2H3. The van der Waals surface area contributed by atoms with Crippen molar-refractivity contribution in [1.29, 1.82) is 0 Å². The first kappa shape index (κ1) is 11.4. The van der Waals surface area contributed by atoms with E-state index < -0.39 is 0 Å². The van der Waals surface area contributed by atoms with Crippen LogP contribution in [0, 0.1) is 17.3 Å². The molecule has 2 aliphatic carbocycles. The Morgan fingerprint density at radius 3 is 2.27 bits per heavy atom. The molecular formula is C14H26O. The summed E-state index contributed by atoms with van der Waals surface area (Å²) in [6, 6.07) is 0. The van der Waals surface area contributed by atoms with E-state index in [1.54, 1.807) is 0 Å². The molecule has 1 unspecified atom stereocenters. The highest BCUT2D eigenvalue weighted by molar-refractivity contribution is 4.83. The number of hydrogen-bond acceptors (Lipinski definition) is 1. The van der Waals surface area contributed by atoms with E-state index >= 15 is 0 Å². The van der Waals surface area contributed by atoms with Gasteiger partial charge in [-0.05, 0) is 55.8 Å². The third-order valence-electron chi connectivity index (χ3n) is 4.50. The van der Waals surface area contributed by atoms with Gasteiger partial charge in [-0.15, -0.1) is 0 Å². The van der Waals surface area contributed by atoms with Gasteiger partial charge in [0.1, 0.15) is 0 Å².